The molecule has 19 heavy (non-hydrogen) atoms. The van der Waals surface area contributed by atoms with Gasteiger partial charge in [-0.25, -0.2) is 0 Å². The quantitative estimate of drug-likeness (QED) is 0.682. The monoisotopic (exact) mass is 264 g/mol. The highest BCUT2D eigenvalue weighted by molar-refractivity contribution is 5.98. The van der Waals surface area contributed by atoms with Crippen molar-refractivity contribution in [2.24, 2.45) is 0 Å². The minimum absolute atomic E-state index is 0.0835. The third-order valence-corrected chi connectivity index (χ3v) is 3.51. The summed E-state index contributed by atoms with van der Waals surface area (Å²) >= 11 is 0. The van der Waals surface area contributed by atoms with Crippen molar-refractivity contribution in [3.05, 3.63) is 17.5 Å². The summed E-state index contributed by atoms with van der Waals surface area (Å²) in [5.41, 5.74) is 0.839. The summed E-state index contributed by atoms with van der Waals surface area (Å²) < 4.78 is 6.84. The number of carbonyl (C=O) groups excluding carboxylic acids is 2. The fraction of sp³-hybridized carbons (Fsp3) is 0.583. The van der Waals surface area contributed by atoms with E-state index in [1.54, 1.807) is 27.6 Å². The summed E-state index contributed by atoms with van der Waals surface area (Å²) in [6.45, 7) is 3.53. The van der Waals surface area contributed by atoms with Crippen LogP contribution in [0.15, 0.2) is 6.07 Å². The summed E-state index contributed by atoms with van der Waals surface area (Å²) in [5, 5.41) is 4.25. The number of carbonyl (C=O) groups is 2. The van der Waals surface area contributed by atoms with E-state index >= 15 is 0 Å². The normalized spacial score (nSPS) is 19.5. The molecular formula is C12H16N4O3. The Hall–Kier alpha value is -1.89. The molecule has 1 saturated heterocycles. The van der Waals surface area contributed by atoms with Gasteiger partial charge in [0.15, 0.2) is 5.69 Å². The molecule has 0 saturated carbocycles. The Kier molecular flexibility index (Phi) is 2.98. The van der Waals surface area contributed by atoms with Gasteiger partial charge in [0, 0.05) is 32.7 Å². The van der Waals surface area contributed by atoms with Gasteiger partial charge in [-0.2, -0.15) is 5.10 Å². The topological polar surface area (TPSA) is 67.7 Å². The van der Waals surface area contributed by atoms with Crippen LogP contribution in [0.4, 0.5) is 0 Å². The zero-order valence-electron chi connectivity index (χ0n) is 10.8. The zero-order chi connectivity index (χ0) is 13.4. The number of rotatable bonds is 1. The van der Waals surface area contributed by atoms with Crippen LogP contribution < -0.4 is 0 Å². The van der Waals surface area contributed by atoms with Crippen LogP contribution in [-0.2, 0) is 11.3 Å². The van der Waals surface area contributed by atoms with E-state index in [-0.39, 0.29) is 11.8 Å². The first kappa shape index (κ1) is 12.2. The Bertz CT molecular complexity index is 519. The summed E-state index contributed by atoms with van der Waals surface area (Å²) in [5.74, 6) is -0.208. The van der Waals surface area contributed by atoms with Crippen molar-refractivity contribution in [1.82, 2.24) is 19.6 Å². The van der Waals surface area contributed by atoms with Gasteiger partial charge in [-0.1, -0.05) is 0 Å². The zero-order valence-corrected chi connectivity index (χ0v) is 10.8. The number of likely N-dealkylation sites (N-methyl/N-ethyl adjacent to an activating group) is 1. The van der Waals surface area contributed by atoms with Crippen LogP contribution >= 0.6 is 0 Å². The molecule has 3 rings (SSSR count). The molecule has 0 radical (unpaired) electrons. The highest BCUT2D eigenvalue weighted by atomic mass is 16.5. The predicted octanol–water partition coefficient (Wildman–Crippen LogP) is -0.559. The molecule has 3 heterocycles. The smallest absolute Gasteiger partial charge is 0.274 e. The largest absolute Gasteiger partial charge is 0.378 e. The SMILES string of the molecule is CN1CCn2nc(C(=O)N3CCOCC3)cc2C1=O. The van der Waals surface area contributed by atoms with Gasteiger partial charge in [0.1, 0.15) is 5.69 Å². The van der Waals surface area contributed by atoms with Crippen molar-refractivity contribution in [3.63, 3.8) is 0 Å². The van der Waals surface area contributed by atoms with E-state index < -0.39 is 0 Å². The maximum Gasteiger partial charge on any atom is 0.274 e. The molecule has 102 valence electrons. The third kappa shape index (κ3) is 2.10. The Morgan fingerprint density at radius 1 is 1.26 bits per heavy atom. The lowest BCUT2D eigenvalue weighted by Gasteiger charge is -2.25. The maximum absolute atomic E-state index is 12.3. The number of ether oxygens (including phenoxy) is 1. The fourth-order valence-corrected chi connectivity index (χ4v) is 2.33. The molecule has 2 aliphatic heterocycles. The fourth-order valence-electron chi connectivity index (χ4n) is 2.33. The van der Waals surface area contributed by atoms with Gasteiger partial charge < -0.3 is 14.5 Å². The molecule has 2 amide bonds. The number of hydrogen-bond acceptors (Lipinski definition) is 4. The van der Waals surface area contributed by atoms with Crippen LogP contribution in [0.3, 0.4) is 0 Å². The molecule has 0 N–H and O–H groups in total. The molecule has 0 unspecified atom stereocenters. The number of hydrogen-bond donors (Lipinski definition) is 0. The summed E-state index contributed by atoms with van der Waals surface area (Å²) in [4.78, 5) is 27.6. The van der Waals surface area contributed by atoms with Gasteiger partial charge in [0.2, 0.25) is 0 Å². The van der Waals surface area contributed by atoms with Crippen LogP contribution in [-0.4, -0.2) is 71.3 Å². The van der Waals surface area contributed by atoms with Crippen molar-refractivity contribution in [3.8, 4) is 0 Å². The van der Waals surface area contributed by atoms with E-state index in [0.717, 1.165) is 0 Å². The third-order valence-electron chi connectivity index (χ3n) is 3.51. The molecule has 1 aromatic rings. The Labute approximate surface area is 110 Å². The summed E-state index contributed by atoms with van der Waals surface area (Å²) in [7, 11) is 1.75. The Morgan fingerprint density at radius 2 is 2.00 bits per heavy atom. The molecule has 0 aliphatic carbocycles. The molecule has 0 aromatic carbocycles. The van der Waals surface area contributed by atoms with E-state index in [9.17, 15) is 9.59 Å². The van der Waals surface area contributed by atoms with Crippen molar-refractivity contribution >= 4 is 11.8 Å². The average molecular weight is 264 g/mol. The molecule has 0 atom stereocenters. The molecular weight excluding hydrogens is 248 g/mol. The van der Waals surface area contributed by atoms with Crippen molar-refractivity contribution in [2.45, 2.75) is 6.54 Å². The van der Waals surface area contributed by atoms with Crippen LogP contribution in [0.2, 0.25) is 0 Å². The Balaban J connectivity index is 1.84. The standard InChI is InChI=1S/C12H16N4O3/c1-14-2-3-16-10(12(14)18)8-9(13-16)11(17)15-4-6-19-7-5-15/h8H,2-7H2,1H3. The van der Waals surface area contributed by atoms with Crippen molar-refractivity contribution in [2.75, 3.05) is 39.9 Å². The first-order valence-electron chi connectivity index (χ1n) is 6.37. The van der Waals surface area contributed by atoms with Crippen LogP contribution in [0.1, 0.15) is 21.0 Å². The molecule has 0 bridgehead atoms. The van der Waals surface area contributed by atoms with Gasteiger partial charge in [-0.05, 0) is 0 Å². The summed E-state index contributed by atoms with van der Waals surface area (Å²) in [6, 6.07) is 1.59. The van der Waals surface area contributed by atoms with Gasteiger partial charge >= 0.3 is 0 Å². The number of morpholine rings is 1. The molecule has 7 nitrogen and oxygen atoms in total. The second-order valence-corrected chi connectivity index (χ2v) is 4.77. The minimum Gasteiger partial charge on any atom is -0.378 e. The lowest BCUT2D eigenvalue weighted by atomic mass is 10.2. The van der Waals surface area contributed by atoms with E-state index in [4.69, 9.17) is 4.74 Å². The number of fused-ring (bicyclic) bond motifs is 1. The molecule has 1 fully saturated rings. The number of nitrogens with zero attached hydrogens (tertiary/aromatic N) is 4. The van der Waals surface area contributed by atoms with Crippen molar-refractivity contribution < 1.29 is 14.3 Å². The van der Waals surface area contributed by atoms with Crippen molar-refractivity contribution in [1.29, 1.82) is 0 Å². The van der Waals surface area contributed by atoms with Crippen LogP contribution in [0.25, 0.3) is 0 Å². The minimum atomic E-state index is -0.124. The summed E-state index contributed by atoms with van der Waals surface area (Å²) in [6.07, 6.45) is 0. The van der Waals surface area contributed by atoms with Gasteiger partial charge in [-0.15, -0.1) is 0 Å². The predicted molar refractivity (Wildman–Crippen MR) is 65.9 cm³/mol. The van der Waals surface area contributed by atoms with E-state index in [1.165, 1.54) is 0 Å². The number of aromatic nitrogens is 2. The second kappa shape index (κ2) is 4.65. The molecule has 1 aromatic heterocycles. The highest BCUT2D eigenvalue weighted by Crippen LogP contribution is 2.14. The molecule has 7 heteroatoms. The average Bonchev–Trinajstić information content (AvgIpc) is 2.88. The first-order valence-corrected chi connectivity index (χ1v) is 6.37. The molecule has 0 spiro atoms. The van der Waals surface area contributed by atoms with Gasteiger partial charge in [0.05, 0.1) is 19.8 Å². The van der Waals surface area contributed by atoms with Crippen LogP contribution in [0, 0.1) is 0 Å². The van der Waals surface area contributed by atoms with Gasteiger partial charge in [0.25, 0.3) is 11.8 Å². The van der Waals surface area contributed by atoms with Crippen LogP contribution in [0.5, 0.6) is 0 Å². The van der Waals surface area contributed by atoms with E-state index in [2.05, 4.69) is 5.10 Å². The lowest BCUT2D eigenvalue weighted by Crippen LogP contribution is -2.40. The lowest BCUT2D eigenvalue weighted by molar-refractivity contribution is 0.0298. The Morgan fingerprint density at radius 3 is 2.74 bits per heavy atom. The van der Waals surface area contributed by atoms with E-state index in [1.807, 2.05) is 0 Å². The van der Waals surface area contributed by atoms with Gasteiger partial charge in [-0.3, -0.25) is 14.3 Å². The maximum atomic E-state index is 12.3. The van der Waals surface area contributed by atoms with E-state index in [0.29, 0.717) is 50.8 Å². The second-order valence-electron chi connectivity index (χ2n) is 4.77. The highest BCUT2D eigenvalue weighted by Gasteiger charge is 2.27. The first-order chi connectivity index (χ1) is 9.16. The number of amides is 2. The molecule has 2 aliphatic rings.